The van der Waals surface area contributed by atoms with E-state index in [0.717, 1.165) is 48.8 Å². The Morgan fingerprint density at radius 1 is 1.19 bits per heavy atom. The molecule has 1 unspecified atom stereocenters. The summed E-state index contributed by atoms with van der Waals surface area (Å²) in [6.45, 7) is 7.04. The molecule has 0 bridgehead atoms. The molecular weight excluding hydrogens is 519 g/mol. The molecule has 148 valence electrons. The fraction of sp³-hybridized carbons (Fsp3) is 0.474. The molecule has 1 N–H and O–H groups in total. The molecule has 1 saturated heterocycles. The Kier molecular flexibility index (Phi) is 8.56. The molecule has 1 aliphatic heterocycles. The van der Waals surface area contributed by atoms with E-state index in [1.807, 2.05) is 31.0 Å². The summed E-state index contributed by atoms with van der Waals surface area (Å²) in [4.78, 5) is 9.33. The monoisotopic (exact) mass is 546 g/mol. The topological polar surface area (TPSA) is 48.7 Å². The molecule has 2 aromatic rings. The van der Waals surface area contributed by atoms with Crippen molar-refractivity contribution in [2.24, 2.45) is 12.0 Å². The van der Waals surface area contributed by atoms with Crippen molar-refractivity contribution in [3.63, 3.8) is 0 Å². The Morgan fingerprint density at radius 2 is 1.85 bits per heavy atom. The molecule has 1 aliphatic rings. The molecule has 0 amide bonds. The number of rotatable bonds is 4. The lowest BCUT2D eigenvalue weighted by atomic mass is 10.1. The highest BCUT2D eigenvalue weighted by atomic mass is 127. The standard InChI is InChI=1S/C19H27BrN6.HI/c1-15(16-4-6-17(20)7-5-16)25-10-12-26(13-11-25)19(21-2)22-14-18-8-9-23-24(18)3;/h4-9,15H,10-14H2,1-3H3,(H,21,22);1H. The van der Waals surface area contributed by atoms with Gasteiger partial charge in [0.2, 0.25) is 0 Å². The number of hydrogen-bond donors (Lipinski definition) is 1. The third kappa shape index (κ3) is 5.68. The summed E-state index contributed by atoms with van der Waals surface area (Å²) in [6, 6.07) is 11.1. The van der Waals surface area contributed by atoms with Crippen LogP contribution in [0.2, 0.25) is 0 Å². The van der Waals surface area contributed by atoms with Crippen LogP contribution in [-0.4, -0.2) is 58.8 Å². The van der Waals surface area contributed by atoms with Gasteiger partial charge in [-0.15, -0.1) is 24.0 Å². The molecule has 1 aromatic carbocycles. The van der Waals surface area contributed by atoms with Crippen LogP contribution in [0.1, 0.15) is 24.2 Å². The van der Waals surface area contributed by atoms with E-state index in [1.165, 1.54) is 5.56 Å². The van der Waals surface area contributed by atoms with Gasteiger partial charge in [-0.25, -0.2) is 0 Å². The van der Waals surface area contributed by atoms with Crippen molar-refractivity contribution < 1.29 is 0 Å². The molecule has 0 saturated carbocycles. The number of halogens is 2. The minimum atomic E-state index is 0. The van der Waals surface area contributed by atoms with Gasteiger partial charge < -0.3 is 10.2 Å². The molecule has 1 fully saturated rings. The van der Waals surface area contributed by atoms with E-state index < -0.39 is 0 Å². The van der Waals surface area contributed by atoms with Crippen molar-refractivity contribution in [2.45, 2.75) is 19.5 Å². The van der Waals surface area contributed by atoms with Crippen molar-refractivity contribution >= 4 is 45.9 Å². The number of aromatic nitrogens is 2. The predicted octanol–water partition coefficient (Wildman–Crippen LogP) is 3.25. The average molecular weight is 547 g/mol. The Hall–Kier alpha value is -1.13. The maximum Gasteiger partial charge on any atom is 0.194 e. The van der Waals surface area contributed by atoms with Gasteiger partial charge in [0.15, 0.2) is 5.96 Å². The van der Waals surface area contributed by atoms with E-state index in [0.29, 0.717) is 6.04 Å². The molecule has 1 aromatic heterocycles. The molecule has 0 radical (unpaired) electrons. The quantitative estimate of drug-likeness (QED) is 0.363. The summed E-state index contributed by atoms with van der Waals surface area (Å²) in [6.07, 6.45) is 1.82. The summed E-state index contributed by atoms with van der Waals surface area (Å²) < 4.78 is 3.01. The molecule has 8 heteroatoms. The van der Waals surface area contributed by atoms with Gasteiger partial charge in [0.25, 0.3) is 0 Å². The fourth-order valence-corrected chi connectivity index (χ4v) is 3.61. The summed E-state index contributed by atoms with van der Waals surface area (Å²) in [5.41, 5.74) is 2.51. The first-order chi connectivity index (χ1) is 12.6. The third-order valence-corrected chi connectivity index (χ3v) is 5.60. The highest BCUT2D eigenvalue weighted by molar-refractivity contribution is 14.0. The highest BCUT2D eigenvalue weighted by Crippen LogP contribution is 2.23. The lowest BCUT2D eigenvalue weighted by molar-refractivity contribution is 0.138. The molecule has 3 rings (SSSR count). The Labute approximate surface area is 187 Å². The first-order valence-electron chi connectivity index (χ1n) is 9.00. The van der Waals surface area contributed by atoms with E-state index in [1.54, 1.807) is 0 Å². The molecule has 27 heavy (non-hydrogen) atoms. The predicted molar refractivity (Wildman–Crippen MR) is 125 cm³/mol. The van der Waals surface area contributed by atoms with Crippen LogP contribution in [0.15, 0.2) is 46.0 Å². The van der Waals surface area contributed by atoms with Gasteiger partial charge in [0, 0.05) is 57.0 Å². The van der Waals surface area contributed by atoms with Crippen LogP contribution in [0, 0.1) is 0 Å². The largest absolute Gasteiger partial charge is 0.351 e. The second-order valence-corrected chi connectivity index (χ2v) is 7.51. The molecule has 0 spiro atoms. The SMILES string of the molecule is CN=C(NCc1ccnn1C)N1CCN(C(C)c2ccc(Br)cc2)CC1.I. The fourth-order valence-electron chi connectivity index (χ4n) is 3.35. The number of nitrogens with zero attached hydrogens (tertiary/aromatic N) is 5. The second kappa shape index (κ2) is 10.4. The molecule has 6 nitrogen and oxygen atoms in total. The van der Waals surface area contributed by atoms with Crippen LogP contribution in [0.4, 0.5) is 0 Å². The van der Waals surface area contributed by atoms with Gasteiger partial charge in [0.05, 0.1) is 12.2 Å². The van der Waals surface area contributed by atoms with Gasteiger partial charge in [-0.1, -0.05) is 28.1 Å². The number of guanidine groups is 1. The minimum absolute atomic E-state index is 0. The van der Waals surface area contributed by atoms with Gasteiger partial charge in [-0.3, -0.25) is 14.6 Å². The first-order valence-corrected chi connectivity index (χ1v) is 9.80. The van der Waals surface area contributed by atoms with Gasteiger partial charge in [-0.2, -0.15) is 5.10 Å². The molecule has 1 atom stereocenters. The third-order valence-electron chi connectivity index (χ3n) is 5.08. The zero-order valence-corrected chi connectivity index (χ0v) is 20.0. The summed E-state index contributed by atoms with van der Waals surface area (Å²) >= 11 is 3.51. The van der Waals surface area contributed by atoms with Crippen molar-refractivity contribution in [1.29, 1.82) is 0 Å². The lowest BCUT2D eigenvalue weighted by Gasteiger charge is -2.39. The summed E-state index contributed by atoms with van der Waals surface area (Å²) in [5, 5.41) is 7.67. The average Bonchev–Trinajstić information content (AvgIpc) is 3.08. The van der Waals surface area contributed by atoms with Crippen molar-refractivity contribution in [2.75, 3.05) is 33.2 Å². The van der Waals surface area contributed by atoms with Crippen LogP contribution in [-0.2, 0) is 13.6 Å². The van der Waals surface area contributed by atoms with Crippen molar-refractivity contribution in [3.05, 3.63) is 52.3 Å². The molecule has 0 aliphatic carbocycles. The van der Waals surface area contributed by atoms with Gasteiger partial charge in [0.1, 0.15) is 0 Å². The Bertz CT molecular complexity index is 737. The number of nitrogens with one attached hydrogen (secondary N) is 1. The van der Waals surface area contributed by atoms with E-state index in [4.69, 9.17) is 0 Å². The van der Waals surface area contributed by atoms with Crippen molar-refractivity contribution in [3.8, 4) is 0 Å². The van der Waals surface area contributed by atoms with Crippen LogP contribution >= 0.6 is 39.9 Å². The number of aliphatic imine (C=N–C) groups is 1. The molecular formula is C19H28BrIN6. The summed E-state index contributed by atoms with van der Waals surface area (Å²) in [5.74, 6) is 0.960. The Balaban J connectivity index is 0.00000261. The van der Waals surface area contributed by atoms with Crippen LogP contribution in [0.5, 0.6) is 0 Å². The maximum absolute atomic E-state index is 4.46. The van der Waals surface area contributed by atoms with Gasteiger partial charge in [-0.05, 0) is 30.7 Å². The van der Waals surface area contributed by atoms with E-state index >= 15 is 0 Å². The zero-order valence-electron chi connectivity index (χ0n) is 16.1. The smallest absolute Gasteiger partial charge is 0.194 e. The molecule has 2 heterocycles. The number of hydrogen-bond acceptors (Lipinski definition) is 3. The van der Waals surface area contributed by atoms with E-state index in [2.05, 4.69) is 72.3 Å². The number of piperazine rings is 1. The van der Waals surface area contributed by atoms with Crippen molar-refractivity contribution in [1.82, 2.24) is 24.9 Å². The maximum atomic E-state index is 4.46. The van der Waals surface area contributed by atoms with Crippen LogP contribution in [0.3, 0.4) is 0 Å². The lowest BCUT2D eigenvalue weighted by Crippen LogP contribution is -2.52. The van der Waals surface area contributed by atoms with Gasteiger partial charge >= 0.3 is 0 Å². The highest BCUT2D eigenvalue weighted by Gasteiger charge is 2.23. The zero-order chi connectivity index (χ0) is 18.5. The van der Waals surface area contributed by atoms with Crippen LogP contribution < -0.4 is 5.32 Å². The van der Waals surface area contributed by atoms with Crippen LogP contribution in [0.25, 0.3) is 0 Å². The first kappa shape index (κ1) is 22.2. The number of aryl methyl sites for hydroxylation is 1. The Morgan fingerprint density at radius 3 is 2.41 bits per heavy atom. The summed E-state index contributed by atoms with van der Waals surface area (Å²) in [7, 11) is 3.81. The second-order valence-electron chi connectivity index (χ2n) is 6.60. The normalized spacial score (nSPS) is 16.7. The minimum Gasteiger partial charge on any atom is -0.351 e. The number of benzene rings is 1. The van der Waals surface area contributed by atoms with E-state index in [-0.39, 0.29) is 24.0 Å². The van der Waals surface area contributed by atoms with E-state index in [9.17, 15) is 0 Å².